The Balaban J connectivity index is 2.24. The van der Waals surface area contributed by atoms with E-state index in [1.54, 1.807) is 0 Å². The summed E-state index contributed by atoms with van der Waals surface area (Å²) in [4.78, 5) is 0. The molecule has 0 aromatic heterocycles. The van der Waals surface area contributed by atoms with E-state index in [2.05, 4.69) is 47.7 Å². The second kappa shape index (κ2) is 9.91. The van der Waals surface area contributed by atoms with Crippen molar-refractivity contribution >= 4 is 31.8 Å². The Morgan fingerprint density at radius 1 is 0.867 bits per heavy atom. The third-order valence-corrected chi connectivity index (χ3v) is 13.2. The monoisotopic (exact) mass is 480 g/mol. The summed E-state index contributed by atoms with van der Waals surface area (Å²) in [5.41, 5.74) is 0. The molecule has 2 aliphatic heterocycles. The molecule has 0 radical (unpaired) electrons. The molecule has 0 unspecified atom stereocenters. The van der Waals surface area contributed by atoms with Gasteiger partial charge in [-0.1, -0.05) is 34.6 Å². The first kappa shape index (κ1) is 27.0. The summed E-state index contributed by atoms with van der Waals surface area (Å²) in [6.07, 6.45) is -0.669. The van der Waals surface area contributed by atoms with E-state index in [9.17, 15) is 0 Å². The number of thioether (sulfide) groups is 2. The summed E-state index contributed by atoms with van der Waals surface area (Å²) in [5.74, 6) is 0.765. The lowest BCUT2D eigenvalue weighted by molar-refractivity contribution is -0.175. The average molecular weight is 481 g/mol. The fraction of sp³-hybridized carbons (Fsp3) is 1.00. The standard InChI is InChI=1S/C22H44O5S2Si/c1-12-28-19(29-13-2)18-17(26-22(8,9)27-18)16-15(24-21(6,7)25-16)14-23-30(10,11)20(3,4)5/h15-19H,12-14H2,1-11H3/t15-,16+,17+,18-/m1/s1. The van der Waals surface area contributed by atoms with Gasteiger partial charge in [0.25, 0.3) is 0 Å². The van der Waals surface area contributed by atoms with E-state index >= 15 is 0 Å². The van der Waals surface area contributed by atoms with E-state index in [1.165, 1.54) is 0 Å². The number of hydrogen-bond donors (Lipinski definition) is 0. The molecule has 2 aliphatic rings. The van der Waals surface area contributed by atoms with Crippen molar-refractivity contribution < 1.29 is 23.4 Å². The van der Waals surface area contributed by atoms with E-state index in [0.29, 0.717) is 11.2 Å². The molecule has 2 heterocycles. The zero-order chi connectivity index (χ0) is 23.0. The summed E-state index contributed by atoms with van der Waals surface area (Å²) >= 11 is 3.84. The largest absolute Gasteiger partial charge is 0.414 e. The fourth-order valence-corrected chi connectivity index (χ4v) is 7.30. The zero-order valence-corrected chi connectivity index (χ0v) is 23.5. The highest BCUT2D eigenvalue weighted by Gasteiger charge is 2.56. The van der Waals surface area contributed by atoms with Gasteiger partial charge in [0.1, 0.15) is 24.4 Å². The predicted molar refractivity (Wildman–Crippen MR) is 131 cm³/mol. The van der Waals surface area contributed by atoms with E-state index < -0.39 is 19.9 Å². The van der Waals surface area contributed by atoms with Gasteiger partial charge in [-0.15, -0.1) is 23.5 Å². The predicted octanol–water partition coefficient (Wildman–Crippen LogP) is 5.88. The molecule has 8 heteroatoms. The Kier molecular flexibility index (Phi) is 8.91. The van der Waals surface area contributed by atoms with Crippen LogP contribution in [0.1, 0.15) is 62.3 Å². The molecule has 0 N–H and O–H groups in total. The van der Waals surface area contributed by atoms with Crippen molar-refractivity contribution in [2.45, 2.75) is 121 Å². The lowest BCUT2D eigenvalue weighted by atomic mass is 10.0. The SMILES string of the molecule is CCSC(SCC)[C@@H]1OC(C)(C)O[C@H]1[C@H]1OC(C)(C)O[C@@H]1CO[Si](C)(C)C(C)(C)C. The highest BCUT2D eigenvalue weighted by molar-refractivity contribution is 8.17. The minimum atomic E-state index is -1.90. The van der Waals surface area contributed by atoms with Gasteiger partial charge in [-0.25, -0.2) is 0 Å². The Hall–Kier alpha value is 0.717. The maximum Gasteiger partial charge on any atom is 0.192 e. The zero-order valence-electron chi connectivity index (χ0n) is 20.9. The molecule has 0 aromatic carbocycles. The van der Waals surface area contributed by atoms with Crippen LogP contribution in [0.4, 0.5) is 0 Å². The second-order valence-corrected chi connectivity index (χ2v) is 18.5. The van der Waals surface area contributed by atoms with Crippen LogP contribution in [0.2, 0.25) is 18.1 Å². The third-order valence-electron chi connectivity index (χ3n) is 6.05. The molecule has 2 saturated heterocycles. The van der Waals surface area contributed by atoms with Crippen LogP contribution >= 0.6 is 23.5 Å². The van der Waals surface area contributed by atoms with E-state index in [-0.39, 0.29) is 29.5 Å². The molecule has 30 heavy (non-hydrogen) atoms. The molecule has 0 saturated carbocycles. The maximum absolute atomic E-state index is 6.53. The molecule has 178 valence electrons. The van der Waals surface area contributed by atoms with Gasteiger partial charge in [-0.05, 0) is 57.3 Å². The first-order chi connectivity index (χ1) is 13.6. The highest BCUT2D eigenvalue weighted by Crippen LogP contribution is 2.44. The van der Waals surface area contributed by atoms with Gasteiger partial charge in [0, 0.05) is 0 Å². The Bertz CT molecular complexity index is 558. The number of rotatable bonds is 9. The topological polar surface area (TPSA) is 46.2 Å². The molecular formula is C22H44O5S2Si. The van der Waals surface area contributed by atoms with Crippen LogP contribution in [0.3, 0.4) is 0 Å². The highest BCUT2D eigenvalue weighted by atomic mass is 32.2. The van der Waals surface area contributed by atoms with Crippen LogP contribution in [0.5, 0.6) is 0 Å². The quantitative estimate of drug-likeness (QED) is 0.301. The van der Waals surface area contributed by atoms with E-state index in [1.807, 2.05) is 51.2 Å². The lowest BCUT2D eigenvalue weighted by Crippen LogP contribution is -2.49. The van der Waals surface area contributed by atoms with Gasteiger partial charge < -0.3 is 23.4 Å². The van der Waals surface area contributed by atoms with Crippen molar-refractivity contribution in [3.63, 3.8) is 0 Å². The van der Waals surface area contributed by atoms with Crippen molar-refractivity contribution in [3.8, 4) is 0 Å². The number of hydrogen-bond acceptors (Lipinski definition) is 7. The first-order valence-corrected chi connectivity index (χ1v) is 16.2. The van der Waals surface area contributed by atoms with E-state index in [0.717, 1.165) is 11.5 Å². The summed E-state index contributed by atoms with van der Waals surface area (Å²) in [6, 6.07) is 0. The van der Waals surface area contributed by atoms with Crippen molar-refractivity contribution in [1.82, 2.24) is 0 Å². The van der Waals surface area contributed by atoms with Crippen molar-refractivity contribution in [2.24, 2.45) is 0 Å². The smallest absolute Gasteiger partial charge is 0.192 e. The molecule has 0 bridgehead atoms. The Labute approximate surface area is 194 Å². The van der Waals surface area contributed by atoms with Gasteiger partial charge in [-0.2, -0.15) is 0 Å². The van der Waals surface area contributed by atoms with Gasteiger partial charge in [0.05, 0.1) is 11.2 Å². The fourth-order valence-electron chi connectivity index (χ4n) is 3.63. The molecule has 2 fully saturated rings. The number of ether oxygens (including phenoxy) is 4. The summed E-state index contributed by atoms with van der Waals surface area (Å²) < 4.78 is 32.4. The van der Waals surface area contributed by atoms with Crippen molar-refractivity contribution in [2.75, 3.05) is 18.1 Å². The van der Waals surface area contributed by atoms with Crippen LogP contribution < -0.4 is 0 Å². The van der Waals surface area contributed by atoms with Gasteiger partial charge >= 0.3 is 0 Å². The minimum absolute atomic E-state index is 0.0622. The minimum Gasteiger partial charge on any atom is -0.414 e. The first-order valence-electron chi connectivity index (χ1n) is 11.2. The molecule has 0 amide bonds. The van der Waals surface area contributed by atoms with Gasteiger partial charge in [-0.3, -0.25) is 0 Å². The van der Waals surface area contributed by atoms with Gasteiger partial charge in [0.15, 0.2) is 19.9 Å². The normalized spacial score (nSPS) is 31.6. The Morgan fingerprint density at radius 2 is 1.37 bits per heavy atom. The van der Waals surface area contributed by atoms with Crippen molar-refractivity contribution in [1.29, 1.82) is 0 Å². The molecule has 0 aromatic rings. The summed E-state index contributed by atoms with van der Waals surface area (Å²) in [5, 5.41) is 0.148. The second-order valence-electron chi connectivity index (χ2n) is 10.6. The van der Waals surface area contributed by atoms with Gasteiger partial charge in [0.2, 0.25) is 0 Å². The molecule has 5 nitrogen and oxygen atoms in total. The molecule has 0 spiro atoms. The van der Waals surface area contributed by atoms with Crippen LogP contribution in [-0.4, -0.2) is 67.0 Å². The van der Waals surface area contributed by atoms with Crippen LogP contribution in [-0.2, 0) is 23.4 Å². The van der Waals surface area contributed by atoms with Crippen LogP contribution in [0, 0.1) is 0 Å². The Morgan fingerprint density at radius 3 is 1.87 bits per heavy atom. The van der Waals surface area contributed by atoms with Crippen molar-refractivity contribution in [3.05, 3.63) is 0 Å². The third kappa shape index (κ3) is 6.62. The molecule has 4 atom stereocenters. The van der Waals surface area contributed by atoms with E-state index in [4.69, 9.17) is 23.4 Å². The summed E-state index contributed by atoms with van der Waals surface area (Å²) in [7, 11) is -1.90. The van der Waals surface area contributed by atoms with Crippen LogP contribution in [0.15, 0.2) is 0 Å². The van der Waals surface area contributed by atoms with Crippen LogP contribution in [0.25, 0.3) is 0 Å². The molecule has 0 aliphatic carbocycles. The lowest BCUT2D eigenvalue weighted by Gasteiger charge is -2.37. The molecule has 2 rings (SSSR count). The summed E-state index contributed by atoms with van der Waals surface area (Å²) in [6.45, 7) is 24.2. The average Bonchev–Trinajstić information content (AvgIpc) is 3.07. The molecular weight excluding hydrogens is 436 g/mol. The maximum atomic E-state index is 6.53.